The van der Waals surface area contributed by atoms with Crippen LogP contribution in [0.2, 0.25) is 0 Å². The van der Waals surface area contributed by atoms with E-state index in [1.165, 1.54) is 0 Å². The van der Waals surface area contributed by atoms with Gasteiger partial charge in [0.2, 0.25) is 0 Å². The predicted molar refractivity (Wildman–Crippen MR) is 104 cm³/mol. The number of hydrogen-bond donors (Lipinski definition) is 0. The minimum Gasteiger partial charge on any atom is -0.585 e. The van der Waals surface area contributed by atoms with Gasteiger partial charge in [-0.05, 0) is 44.9 Å². The molecule has 1 aliphatic carbocycles. The Balaban J connectivity index is 0.00000280. The average molecular weight is 415 g/mol. The zero-order valence-electron chi connectivity index (χ0n) is 16.8. The molecule has 1 saturated heterocycles. The van der Waals surface area contributed by atoms with Crippen molar-refractivity contribution in [2.75, 3.05) is 6.61 Å². The van der Waals surface area contributed by atoms with Crippen molar-refractivity contribution < 1.29 is 43.9 Å². The average Bonchev–Trinajstić information content (AvgIpc) is 2.95. The number of ether oxygens (including phenoxy) is 1. The molecular formula is C19H26N3NaO4S. The van der Waals surface area contributed by atoms with Gasteiger partial charge in [0.1, 0.15) is 11.1 Å². The van der Waals surface area contributed by atoms with Gasteiger partial charge in [-0.15, -0.1) is 0 Å². The molecule has 3 rings (SSSR count). The molecule has 9 heteroatoms. The number of carbonyl (C=O) groups excluding carboxylic acids is 2. The summed E-state index contributed by atoms with van der Waals surface area (Å²) in [5, 5.41) is 2.84. The summed E-state index contributed by atoms with van der Waals surface area (Å²) in [6.45, 7) is 4.85. The topological polar surface area (TPSA) is 92.4 Å². The molecule has 1 aromatic heterocycles. The Hall–Kier alpha value is -0.670. The van der Waals surface area contributed by atoms with E-state index >= 15 is 0 Å². The summed E-state index contributed by atoms with van der Waals surface area (Å²) in [4.78, 5) is 39.4. The first-order valence-corrected chi connectivity index (χ1v) is 10.5. The summed E-state index contributed by atoms with van der Waals surface area (Å²) in [5.74, 6) is 0.973. The minimum absolute atomic E-state index is 0. The molecule has 1 aromatic rings. The first kappa shape index (κ1) is 23.6. The van der Waals surface area contributed by atoms with E-state index in [1.54, 1.807) is 10.6 Å². The van der Waals surface area contributed by atoms with Gasteiger partial charge < -0.3 is 19.6 Å². The van der Waals surface area contributed by atoms with Gasteiger partial charge in [-0.1, -0.05) is 18.7 Å². The Morgan fingerprint density at radius 2 is 1.96 bits per heavy atom. The first-order valence-electron chi connectivity index (χ1n) is 9.61. The number of aryl methyl sites for hydroxylation is 2. The Morgan fingerprint density at radius 3 is 2.57 bits per heavy atom. The molecule has 0 bridgehead atoms. The van der Waals surface area contributed by atoms with Crippen molar-refractivity contribution in [1.29, 1.82) is 0 Å². The molecular weight excluding hydrogens is 389 g/mol. The first-order chi connectivity index (χ1) is 13.0. The molecule has 1 unspecified atom stereocenters. The molecule has 1 saturated carbocycles. The fourth-order valence-corrected chi connectivity index (χ4v) is 4.75. The van der Waals surface area contributed by atoms with Crippen LogP contribution < -0.4 is 35.1 Å². The molecule has 2 fully saturated rings. The molecule has 1 aliphatic heterocycles. The summed E-state index contributed by atoms with van der Waals surface area (Å²) in [6, 6.07) is 1.56. The summed E-state index contributed by atoms with van der Waals surface area (Å²) in [5.41, 5.74) is 0.728. The van der Waals surface area contributed by atoms with Crippen LogP contribution in [0.25, 0.3) is 5.32 Å². The molecule has 2 aliphatic rings. The fourth-order valence-electron chi connectivity index (χ4n) is 3.85. The molecule has 1 atom stereocenters. The van der Waals surface area contributed by atoms with Crippen LogP contribution in [0.5, 0.6) is 0 Å². The van der Waals surface area contributed by atoms with E-state index in [9.17, 15) is 14.4 Å². The van der Waals surface area contributed by atoms with Crippen molar-refractivity contribution in [2.45, 2.75) is 70.3 Å². The van der Waals surface area contributed by atoms with Gasteiger partial charge in [0, 0.05) is 18.2 Å². The predicted octanol–water partition coefficient (Wildman–Crippen LogP) is 0.219. The van der Waals surface area contributed by atoms with Gasteiger partial charge in [0.15, 0.2) is 0 Å². The van der Waals surface area contributed by atoms with Crippen LogP contribution >= 0.6 is 11.8 Å². The van der Waals surface area contributed by atoms with E-state index in [4.69, 9.17) is 4.74 Å². The van der Waals surface area contributed by atoms with Crippen LogP contribution in [0.4, 0.5) is 4.79 Å². The zero-order valence-corrected chi connectivity index (χ0v) is 19.7. The van der Waals surface area contributed by atoms with Gasteiger partial charge >= 0.3 is 29.6 Å². The second-order valence-corrected chi connectivity index (χ2v) is 8.38. The maximum absolute atomic E-state index is 12.2. The van der Waals surface area contributed by atoms with Gasteiger partial charge in [-0.3, -0.25) is 9.36 Å². The summed E-state index contributed by atoms with van der Waals surface area (Å²) in [6.07, 6.45) is 5.53. The number of nitrogens with zero attached hydrogens (tertiary/aromatic N) is 3. The number of carbonyl (C=O) groups is 2. The van der Waals surface area contributed by atoms with Crippen molar-refractivity contribution in [1.82, 2.24) is 9.55 Å². The molecule has 0 aromatic carbocycles. The smallest absolute Gasteiger partial charge is 0.585 e. The van der Waals surface area contributed by atoms with Crippen LogP contribution in [0, 0.1) is 12.8 Å². The normalized spacial score (nSPS) is 24.7. The third-order valence-corrected chi connectivity index (χ3v) is 6.23. The number of amides is 2. The number of imide groups is 1. The van der Waals surface area contributed by atoms with E-state index in [-0.39, 0.29) is 57.6 Å². The monoisotopic (exact) mass is 415 g/mol. The maximum atomic E-state index is 12.2. The molecule has 0 radical (unpaired) electrons. The van der Waals surface area contributed by atoms with Crippen molar-refractivity contribution in [2.24, 2.45) is 5.92 Å². The van der Waals surface area contributed by atoms with E-state index < -0.39 is 0 Å². The standard InChI is InChI=1S/C19H27N3O4S.Na/c1-3-16-20-12(2)10-17(23)22(16)8-9-26-14-6-4-13(5-7-14)11-15-18(24)21-19(25)27-15;/h10,13-15H,3-9,11H2,1-2H3,(H,21,24,25);/q;+1/p-1. The molecule has 2 heterocycles. The molecule has 7 nitrogen and oxygen atoms in total. The Bertz CT molecular complexity index is 762. The Labute approximate surface area is 191 Å². The van der Waals surface area contributed by atoms with Crippen LogP contribution in [-0.4, -0.2) is 38.7 Å². The van der Waals surface area contributed by atoms with E-state index in [0.29, 0.717) is 25.5 Å². The SMILES string of the molecule is CCc1nc(C)cc(=O)n1CCOC1CCC(CC2SC(=O)[N-]C2=O)CC1.[Na+]. The minimum atomic E-state index is -0.352. The largest absolute Gasteiger partial charge is 1.00 e. The van der Waals surface area contributed by atoms with E-state index in [1.807, 2.05) is 13.8 Å². The second kappa shape index (κ2) is 10.9. The summed E-state index contributed by atoms with van der Waals surface area (Å²) in [7, 11) is 0. The Morgan fingerprint density at radius 1 is 1.25 bits per heavy atom. The summed E-state index contributed by atoms with van der Waals surface area (Å²) >= 11 is 1.06. The number of thioether (sulfide) groups is 1. The van der Waals surface area contributed by atoms with Gasteiger partial charge in [0.25, 0.3) is 5.56 Å². The quantitative estimate of drug-likeness (QED) is 0.592. The summed E-state index contributed by atoms with van der Waals surface area (Å²) < 4.78 is 7.69. The van der Waals surface area contributed by atoms with Crippen LogP contribution in [0.3, 0.4) is 0 Å². The molecule has 28 heavy (non-hydrogen) atoms. The number of aromatic nitrogens is 2. The zero-order chi connectivity index (χ0) is 19.4. The van der Waals surface area contributed by atoms with Crippen molar-refractivity contribution in [3.05, 3.63) is 33.3 Å². The fraction of sp³-hybridized carbons (Fsp3) is 0.684. The van der Waals surface area contributed by atoms with E-state index in [2.05, 4.69) is 10.3 Å². The van der Waals surface area contributed by atoms with Crippen LogP contribution in [-0.2, 0) is 22.5 Å². The molecule has 0 spiro atoms. The molecule has 2 amide bonds. The van der Waals surface area contributed by atoms with Gasteiger partial charge in [0.05, 0.1) is 30.4 Å². The van der Waals surface area contributed by atoms with Gasteiger partial charge in [-0.2, -0.15) is 0 Å². The Kier molecular flexibility index (Phi) is 9.21. The van der Waals surface area contributed by atoms with E-state index in [0.717, 1.165) is 55.4 Å². The van der Waals surface area contributed by atoms with Crippen molar-refractivity contribution in [3.8, 4) is 0 Å². The van der Waals surface area contributed by atoms with Gasteiger partial charge in [-0.25, -0.2) is 4.98 Å². The number of rotatable bonds is 7. The third kappa shape index (κ3) is 6.16. The second-order valence-electron chi connectivity index (χ2n) is 7.23. The van der Waals surface area contributed by atoms with Crippen molar-refractivity contribution >= 4 is 22.9 Å². The van der Waals surface area contributed by atoms with Crippen LogP contribution in [0.1, 0.15) is 50.5 Å². The molecule has 148 valence electrons. The molecule has 0 N–H and O–H groups in total. The third-order valence-electron chi connectivity index (χ3n) is 5.26. The van der Waals surface area contributed by atoms with Crippen LogP contribution in [0.15, 0.2) is 10.9 Å². The van der Waals surface area contributed by atoms with Crippen molar-refractivity contribution in [3.63, 3.8) is 0 Å². The maximum Gasteiger partial charge on any atom is 1.00 e. The number of hydrogen-bond acceptors (Lipinski definition) is 6.